The first-order valence-electron chi connectivity index (χ1n) is 11.6. The molecule has 5 aromatic rings. The van der Waals surface area contributed by atoms with Crippen molar-refractivity contribution >= 4 is 28.4 Å². The molecule has 36 heavy (non-hydrogen) atoms. The highest BCUT2D eigenvalue weighted by atomic mass is 32.2. The number of methoxy groups -OCH3 is 1. The number of ether oxygens (including phenoxy) is 1. The average Bonchev–Trinajstić information content (AvgIpc) is 2.95. The molecular weight excluding hydrogens is 480 g/mol. The molecule has 0 N–H and O–H groups in total. The normalized spacial score (nSPS) is 10.8. The van der Waals surface area contributed by atoms with Gasteiger partial charge in [0.1, 0.15) is 5.75 Å². The van der Waals surface area contributed by atoms with Gasteiger partial charge in [0.25, 0.3) is 0 Å². The molecule has 0 aliphatic heterocycles. The van der Waals surface area contributed by atoms with Gasteiger partial charge in [-0.2, -0.15) is 0 Å². The van der Waals surface area contributed by atoms with Crippen LogP contribution in [0.2, 0.25) is 0 Å². The lowest BCUT2D eigenvalue weighted by Crippen LogP contribution is -2.04. The van der Waals surface area contributed by atoms with Crippen LogP contribution in [-0.4, -0.2) is 12.9 Å². The van der Waals surface area contributed by atoms with Crippen LogP contribution in [0.3, 0.4) is 0 Å². The molecule has 0 radical (unpaired) electrons. The molecule has 0 spiro atoms. The Morgan fingerprint density at radius 1 is 0.583 bits per heavy atom. The van der Waals surface area contributed by atoms with E-state index < -0.39 is 0 Å². The Kier molecular flexibility index (Phi) is 7.55. The predicted octanol–water partition coefficient (Wildman–Crippen LogP) is 8.17. The highest BCUT2D eigenvalue weighted by Gasteiger charge is 2.28. The van der Waals surface area contributed by atoms with Crippen LogP contribution >= 0.6 is 11.8 Å². The Morgan fingerprint density at radius 2 is 1.11 bits per heavy atom. The molecule has 0 aliphatic carbocycles. The first kappa shape index (κ1) is 24.0. The zero-order valence-electron chi connectivity index (χ0n) is 19.8. The molecule has 0 saturated heterocycles. The number of rotatable bonds is 8. The van der Waals surface area contributed by atoms with E-state index in [0.717, 1.165) is 9.79 Å². The van der Waals surface area contributed by atoms with Crippen molar-refractivity contribution in [2.24, 2.45) is 0 Å². The maximum Gasteiger partial charge on any atom is 0.193 e. The Hall–Kier alpha value is -3.73. The first-order chi connectivity index (χ1) is 17.7. The Bertz CT molecular complexity index is 1390. The van der Waals surface area contributed by atoms with E-state index in [1.54, 1.807) is 24.9 Å². The SMILES string of the molecule is COc1cccc(C(=O)c2ccc(Sc3ccc([S+](c4ccccc4)c4ccccc4)cc3)cc2)c1. The average molecular weight is 506 g/mol. The third-order valence-corrected chi connectivity index (χ3v) is 8.95. The fourth-order valence-corrected chi connectivity index (χ4v) is 6.81. The van der Waals surface area contributed by atoms with Crippen molar-refractivity contribution in [2.75, 3.05) is 7.11 Å². The van der Waals surface area contributed by atoms with Crippen molar-refractivity contribution in [2.45, 2.75) is 24.5 Å². The number of hydrogen-bond donors (Lipinski definition) is 0. The molecule has 0 aliphatic rings. The molecule has 5 aromatic carbocycles. The molecule has 0 bridgehead atoms. The van der Waals surface area contributed by atoms with Crippen LogP contribution in [0.15, 0.2) is 158 Å². The second kappa shape index (κ2) is 11.3. The van der Waals surface area contributed by atoms with E-state index >= 15 is 0 Å². The summed E-state index contributed by atoms with van der Waals surface area (Å²) in [5.74, 6) is 0.669. The van der Waals surface area contributed by atoms with E-state index in [9.17, 15) is 4.79 Å². The number of hydrogen-bond acceptors (Lipinski definition) is 3. The van der Waals surface area contributed by atoms with Gasteiger partial charge < -0.3 is 4.74 Å². The predicted molar refractivity (Wildman–Crippen MR) is 148 cm³/mol. The molecule has 0 saturated carbocycles. The lowest BCUT2D eigenvalue weighted by molar-refractivity contribution is 0.103. The summed E-state index contributed by atoms with van der Waals surface area (Å²) in [6.45, 7) is 0. The lowest BCUT2D eigenvalue weighted by Gasteiger charge is -2.09. The van der Waals surface area contributed by atoms with Crippen LogP contribution in [0.25, 0.3) is 0 Å². The van der Waals surface area contributed by atoms with Gasteiger partial charge in [-0.25, -0.2) is 0 Å². The van der Waals surface area contributed by atoms with Crippen LogP contribution in [0.4, 0.5) is 0 Å². The van der Waals surface area contributed by atoms with E-state index in [0.29, 0.717) is 16.9 Å². The second-order valence-corrected chi connectivity index (χ2v) is 11.3. The quantitative estimate of drug-likeness (QED) is 0.157. The van der Waals surface area contributed by atoms with Crippen LogP contribution in [0, 0.1) is 0 Å². The number of benzene rings is 5. The van der Waals surface area contributed by atoms with Gasteiger partial charge in [-0.3, -0.25) is 4.79 Å². The van der Waals surface area contributed by atoms with Gasteiger partial charge in [0.05, 0.1) is 18.0 Å². The Labute approximate surface area is 219 Å². The maximum atomic E-state index is 12.9. The van der Waals surface area contributed by atoms with Crippen molar-refractivity contribution in [1.29, 1.82) is 0 Å². The number of carbonyl (C=O) groups is 1. The molecular formula is C32H25O2S2+. The zero-order chi connectivity index (χ0) is 24.7. The summed E-state index contributed by atoms with van der Waals surface area (Å²) >= 11 is 1.69. The fraction of sp³-hybridized carbons (Fsp3) is 0.0312. The van der Waals surface area contributed by atoms with E-state index in [2.05, 4.69) is 84.9 Å². The summed E-state index contributed by atoms with van der Waals surface area (Å²) in [5, 5.41) is 0. The van der Waals surface area contributed by atoms with Gasteiger partial charge in [-0.15, -0.1) is 0 Å². The summed E-state index contributed by atoms with van der Waals surface area (Å²) in [6.07, 6.45) is 0. The summed E-state index contributed by atoms with van der Waals surface area (Å²) in [4.78, 5) is 19.0. The molecule has 0 fully saturated rings. The van der Waals surface area contributed by atoms with Crippen LogP contribution in [-0.2, 0) is 10.9 Å². The second-order valence-electron chi connectivity index (χ2n) is 8.09. The van der Waals surface area contributed by atoms with Crippen molar-refractivity contribution in [1.82, 2.24) is 0 Å². The standard InChI is InChI=1S/C32H25O2S2/c1-34-26-10-8-9-25(23-26)32(33)24-15-17-27(18-16-24)35-28-19-21-31(22-20-28)36(29-11-4-2-5-12-29)30-13-6-3-7-14-30/h2-23H,1H3/q+1. The Morgan fingerprint density at radius 3 is 1.67 bits per heavy atom. The van der Waals surface area contributed by atoms with Crippen molar-refractivity contribution in [3.8, 4) is 5.75 Å². The highest BCUT2D eigenvalue weighted by molar-refractivity contribution is 7.99. The summed E-state index contributed by atoms with van der Waals surface area (Å²) in [5.41, 5.74) is 1.29. The third-order valence-electron chi connectivity index (χ3n) is 5.70. The minimum absolute atomic E-state index is 0.0105. The molecule has 0 amide bonds. The zero-order valence-corrected chi connectivity index (χ0v) is 21.5. The molecule has 0 aromatic heterocycles. The van der Waals surface area contributed by atoms with Gasteiger partial charge in [0.2, 0.25) is 0 Å². The topological polar surface area (TPSA) is 26.3 Å². The van der Waals surface area contributed by atoms with Gasteiger partial charge in [-0.1, -0.05) is 60.3 Å². The summed E-state index contributed by atoms with van der Waals surface area (Å²) in [7, 11) is 1.45. The van der Waals surface area contributed by atoms with E-state index in [-0.39, 0.29) is 16.7 Å². The fourth-order valence-electron chi connectivity index (χ4n) is 3.91. The number of ketones is 1. The third kappa shape index (κ3) is 5.56. The molecule has 0 atom stereocenters. The molecule has 0 heterocycles. The molecule has 2 nitrogen and oxygen atoms in total. The van der Waals surface area contributed by atoms with E-state index in [1.807, 2.05) is 42.5 Å². The van der Waals surface area contributed by atoms with Gasteiger partial charge in [-0.05, 0) is 84.9 Å². The van der Waals surface area contributed by atoms with Crippen molar-refractivity contribution in [3.05, 3.63) is 145 Å². The largest absolute Gasteiger partial charge is 0.497 e. The minimum atomic E-state index is -0.154. The van der Waals surface area contributed by atoms with Crippen molar-refractivity contribution in [3.63, 3.8) is 0 Å². The summed E-state index contributed by atoms with van der Waals surface area (Å²) in [6, 6.07) is 45.2. The minimum Gasteiger partial charge on any atom is -0.497 e. The summed E-state index contributed by atoms with van der Waals surface area (Å²) < 4.78 is 5.24. The highest BCUT2D eigenvalue weighted by Crippen LogP contribution is 2.34. The molecule has 0 unspecified atom stereocenters. The van der Waals surface area contributed by atoms with Crippen LogP contribution < -0.4 is 4.74 Å². The maximum absolute atomic E-state index is 12.9. The van der Waals surface area contributed by atoms with Gasteiger partial charge in [0, 0.05) is 20.9 Å². The monoisotopic (exact) mass is 505 g/mol. The lowest BCUT2D eigenvalue weighted by atomic mass is 10.0. The molecule has 5 rings (SSSR count). The van der Waals surface area contributed by atoms with E-state index in [1.165, 1.54) is 14.7 Å². The van der Waals surface area contributed by atoms with Gasteiger partial charge in [0.15, 0.2) is 20.5 Å². The smallest absolute Gasteiger partial charge is 0.193 e. The van der Waals surface area contributed by atoms with Crippen LogP contribution in [0.5, 0.6) is 5.75 Å². The first-order valence-corrected chi connectivity index (χ1v) is 13.7. The molecule has 176 valence electrons. The number of carbonyl (C=O) groups excluding carboxylic acids is 1. The molecule has 4 heteroatoms. The van der Waals surface area contributed by atoms with Crippen LogP contribution in [0.1, 0.15) is 15.9 Å². The van der Waals surface area contributed by atoms with Crippen molar-refractivity contribution < 1.29 is 9.53 Å². The Balaban J connectivity index is 1.33. The van der Waals surface area contributed by atoms with Gasteiger partial charge >= 0.3 is 0 Å². The van der Waals surface area contributed by atoms with E-state index in [4.69, 9.17) is 4.74 Å².